The summed E-state index contributed by atoms with van der Waals surface area (Å²) in [7, 11) is -3.81. The van der Waals surface area contributed by atoms with Gasteiger partial charge in [0.05, 0.1) is 18.1 Å². The number of anilines is 1. The average Bonchev–Trinajstić information content (AvgIpc) is 3.02. The fourth-order valence-corrected chi connectivity index (χ4v) is 4.26. The largest absolute Gasteiger partial charge is 0.490 e. The topological polar surface area (TPSA) is 97.0 Å². The van der Waals surface area contributed by atoms with Crippen molar-refractivity contribution in [2.45, 2.75) is 25.2 Å². The molecule has 0 spiro atoms. The van der Waals surface area contributed by atoms with E-state index in [0.717, 1.165) is 26.1 Å². The maximum absolute atomic E-state index is 12.8. The molecule has 1 aliphatic heterocycles. The summed E-state index contributed by atoms with van der Waals surface area (Å²) in [6.07, 6.45) is 0.740. The van der Waals surface area contributed by atoms with Crippen molar-refractivity contribution >= 4 is 21.6 Å². The summed E-state index contributed by atoms with van der Waals surface area (Å²) in [5.74, 6) is 0.759. The first kappa shape index (κ1) is 22.9. The second-order valence-electron chi connectivity index (χ2n) is 7.12. The van der Waals surface area contributed by atoms with Gasteiger partial charge in [0.2, 0.25) is 0 Å². The minimum atomic E-state index is -3.81. The molecular weight excluding hydrogens is 418 g/mol. The minimum absolute atomic E-state index is 0.0787. The van der Waals surface area contributed by atoms with Crippen LogP contribution in [-0.4, -0.2) is 58.6 Å². The molecule has 0 saturated heterocycles. The van der Waals surface area contributed by atoms with Crippen molar-refractivity contribution < 1.29 is 22.7 Å². The van der Waals surface area contributed by atoms with E-state index in [0.29, 0.717) is 42.5 Å². The second kappa shape index (κ2) is 10.5. The summed E-state index contributed by atoms with van der Waals surface area (Å²) in [5.41, 5.74) is 0.838. The molecule has 168 valence electrons. The van der Waals surface area contributed by atoms with Gasteiger partial charge in [0.15, 0.2) is 11.5 Å². The number of rotatable bonds is 9. The van der Waals surface area contributed by atoms with Crippen LogP contribution in [0, 0.1) is 0 Å². The summed E-state index contributed by atoms with van der Waals surface area (Å²) >= 11 is 0. The molecule has 0 atom stereocenters. The zero-order valence-corrected chi connectivity index (χ0v) is 18.7. The quantitative estimate of drug-likeness (QED) is 0.614. The first-order valence-corrected chi connectivity index (χ1v) is 11.9. The highest BCUT2D eigenvalue weighted by Crippen LogP contribution is 2.32. The average molecular weight is 448 g/mol. The van der Waals surface area contributed by atoms with E-state index in [4.69, 9.17) is 9.47 Å². The highest BCUT2D eigenvalue weighted by atomic mass is 32.2. The van der Waals surface area contributed by atoms with Crippen LogP contribution in [0.3, 0.4) is 0 Å². The lowest BCUT2D eigenvalue weighted by molar-refractivity contribution is 0.0949. The molecule has 1 aliphatic rings. The third-order valence-electron chi connectivity index (χ3n) is 5.04. The molecular formula is C22H29N3O5S. The zero-order chi connectivity index (χ0) is 22.3. The number of carbonyl (C=O) groups excluding carboxylic acids is 1. The summed E-state index contributed by atoms with van der Waals surface area (Å²) in [5, 5.41) is 2.88. The van der Waals surface area contributed by atoms with E-state index in [9.17, 15) is 13.2 Å². The van der Waals surface area contributed by atoms with E-state index >= 15 is 0 Å². The number of ether oxygens (including phenoxy) is 2. The van der Waals surface area contributed by atoms with Crippen LogP contribution < -0.4 is 19.5 Å². The molecule has 0 fully saturated rings. The van der Waals surface area contributed by atoms with Crippen LogP contribution in [0.1, 0.15) is 30.6 Å². The molecule has 0 saturated carbocycles. The molecule has 0 aliphatic carbocycles. The van der Waals surface area contributed by atoms with Crippen molar-refractivity contribution in [3.8, 4) is 11.5 Å². The van der Waals surface area contributed by atoms with Crippen LogP contribution in [0.4, 0.5) is 5.69 Å². The molecule has 0 radical (unpaired) electrons. The van der Waals surface area contributed by atoms with E-state index in [-0.39, 0.29) is 10.8 Å². The lowest BCUT2D eigenvalue weighted by atomic mass is 10.2. The number of benzene rings is 2. The number of carbonyl (C=O) groups is 1. The van der Waals surface area contributed by atoms with Crippen molar-refractivity contribution in [1.29, 1.82) is 0 Å². The third kappa shape index (κ3) is 6.11. The predicted molar refractivity (Wildman–Crippen MR) is 119 cm³/mol. The Morgan fingerprint density at radius 3 is 2.35 bits per heavy atom. The van der Waals surface area contributed by atoms with Crippen molar-refractivity contribution in [1.82, 2.24) is 10.2 Å². The molecule has 2 aromatic carbocycles. The van der Waals surface area contributed by atoms with E-state index in [2.05, 4.69) is 28.8 Å². The number of nitrogens with one attached hydrogen (secondary N) is 2. The molecule has 0 bridgehead atoms. The van der Waals surface area contributed by atoms with Crippen LogP contribution >= 0.6 is 0 Å². The minimum Gasteiger partial charge on any atom is -0.490 e. The molecule has 3 rings (SSSR count). The Hall–Kier alpha value is -2.78. The summed E-state index contributed by atoms with van der Waals surface area (Å²) in [6, 6.07) is 10.9. The van der Waals surface area contributed by atoms with Gasteiger partial charge in [-0.15, -0.1) is 0 Å². The molecule has 0 unspecified atom stereocenters. The molecule has 2 aromatic rings. The maximum atomic E-state index is 12.8. The van der Waals surface area contributed by atoms with Gasteiger partial charge in [0.25, 0.3) is 15.9 Å². The first-order valence-electron chi connectivity index (χ1n) is 10.5. The Labute approximate surface area is 183 Å². The molecule has 31 heavy (non-hydrogen) atoms. The van der Waals surface area contributed by atoms with Gasteiger partial charge < -0.3 is 19.7 Å². The van der Waals surface area contributed by atoms with Gasteiger partial charge in [-0.1, -0.05) is 13.8 Å². The standard InChI is InChI=1S/C22H29N3O5S/c1-3-25(4-2)13-12-23-22(26)17-6-8-18(9-7-17)24-31(27,28)19-10-11-20-21(16-19)30-15-5-14-29-20/h6-11,16,24H,3-5,12-15H2,1-2H3,(H,23,26). The van der Waals surface area contributed by atoms with Crippen molar-refractivity contribution in [2.24, 2.45) is 0 Å². The van der Waals surface area contributed by atoms with E-state index in [1.165, 1.54) is 12.1 Å². The smallest absolute Gasteiger partial charge is 0.262 e. The van der Waals surface area contributed by atoms with Crippen LogP contribution in [0.15, 0.2) is 47.4 Å². The molecule has 2 N–H and O–H groups in total. The summed E-state index contributed by atoms with van der Waals surface area (Å²) in [6.45, 7) is 8.38. The second-order valence-corrected chi connectivity index (χ2v) is 8.81. The van der Waals surface area contributed by atoms with Gasteiger partial charge in [0.1, 0.15) is 0 Å². The van der Waals surface area contributed by atoms with E-state index in [1.807, 2.05) is 0 Å². The Morgan fingerprint density at radius 2 is 1.68 bits per heavy atom. The molecule has 1 heterocycles. The number of hydrogen-bond donors (Lipinski definition) is 2. The number of sulfonamides is 1. The fourth-order valence-electron chi connectivity index (χ4n) is 3.18. The number of likely N-dealkylation sites (N-methyl/N-ethyl adjacent to an activating group) is 1. The van der Waals surface area contributed by atoms with Crippen molar-refractivity contribution in [3.05, 3.63) is 48.0 Å². The SMILES string of the molecule is CCN(CC)CCNC(=O)c1ccc(NS(=O)(=O)c2ccc3c(c2)OCCCO3)cc1. The fraction of sp³-hybridized carbons (Fsp3) is 0.409. The Bertz CT molecular complexity index is 989. The molecule has 1 amide bonds. The predicted octanol–water partition coefficient (Wildman–Crippen LogP) is 2.72. The lowest BCUT2D eigenvalue weighted by Crippen LogP contribution is -2.34. The summed E-state index contributed by atoms with van der Waals surface area (Å²) < 4.78 is 39.2. The number of amides is 1. The summed E-state index contributed by atoms with van der Waals surface area (Å²) in [4.78, 5) is 14.6. The van der Waals surface area contributed by atoms with Crippen LogP contribution in [0.2, 0.25) is 0 Å². The van der Waals surface area contributed by atoms with Crippen LogP contribution in [-0.2, 0) is 10.0 Å². The number of hydrogen-bond acceptors (Lipinski definition) is 6. The van der Waals surface area contributed by atoms with Gasteiger partial charge in [-0.05, 0) is 49.5 Å². The highest BCUT2D eigenvalue weighted by Gasteiger charge is 2.19. The Balaban J connectivity index is 1.62. The van der Waals surface area contributed by atoms with Gasteiger partial charge in [-0.3, -0.25) is 9.52 Å². The monoisotopic (exact) mass is 447 g/mol. The van der Waals surface area contributed by atoms with Gasteiger partial charge in [-0.25, -0.2) is 8.42 Å². The maximum Gasteiger partial charge on any atom is 0.262 e. The van der Waals surface area contributed by atoms with Gasteiger partial charge >= 0.3 is 0 Å². The zero-order valence-electron chi connectivity index (χ0n) is 17.9. The van der Waals surface area contributed by atoms with Gasteiger partial charge in [0, 0.05) is 36.8 Å². The molecule has 8 nitrogen and oxygen atoms in total. The van der Waals surface area contributed by atoms with Crippen molar-refractivity contribution in [3.63, 3.8) is 0 Å². The molecule has 9 heteroatoms. The Kier molecular flexibility index (Phi) is 7.75. The normalized spacial score (nSPS) is 13.5. The number of nitrogens with zero attached hydrogens (tertiary/aromatic N) is 1. The van der Waals surface area contributed by atoms with E-state index < -0.39 is 10.0 Å². The van der Waals surface area contributed by atoms with Crippen LogP contribution in [0.5, 0.6) is 11.5 Å². The highest BCUT2D eigenvalue weighted by molar-refractivity contribution is 7.92. The lowest BCUT2D eigenvalue weighted by Gasteiger charge is -2.18. The Morgan fingerprint density at radius 1 is 1.00 bits per heavy atom. The van der Waals surface area contributed by atoms with Crippen LogP contribution in [0.25, 0.3) is 0 Å². The van der Waals surface area contributed by atoms with Gasteiger partial charge in [-0.2, -0.15) is 0 Å². The third-order valence-corrected chi connectivity index (χ3v) is 6.42. The van der Waals surface area contributed by atoms with Crippen molar-refractivity contribution in [2.75, 3.05) is 44.1 Å². The molecule has 0 aromatic heterocycles. The van der Waals surface area contributed by atoms with E-state index in [1.54, 1.807) is 30.3 Å². The first-order chi connectivity index (χ1) is 14.9. The number of fused-ring (bicyclic) bond motifs is 1.